The van der Waals surface area contributed by atoms with Crippen LogP contribution in [-0.2, 0) is 4.74 Å². The number of carbonyl (C=O) groups is 1. The van der Waals surface area contributed by atoms with E-state index in [-0.39, 0.29) is 23.5 Å². The smallest absolute Gasteiger partial charge is 0.339 e. The Morgan fingerprint density at radius 1 is 0.824 bits per heavy atom. The molecule has 0 amide bonds. The molecular formula is C30H32N2O2. The normalized spacial score (nSPS) is 30.8. The second-order valence-corrected chi connectivity index (χ2v) is 10.3. The van der Waals surface area contributed by atoms with Crippen LogP contribution in [0.1, 0.15) is 65.4 Å². The van der Waals surface area contributed by atoms with Gasteiger partial charge in [-0.25, -0.2) is 4.79 Å². The Morgan fingerprint density at radius 2 is 1.44 bits per heavy atom. The zero-order valence-electron chi connectivity index (χ0n) is 19.6. The minimum Gasteiger partial charge on any atom is -0.458 e. The number of hydrogen-bond acceptors (Lipinski definition) is 4. The van der Waals surface area contributed by atoms with Crippen LogP contribution >= 0.6 is 0 Å². The first kappa shape index (κ1) is 21.5. The Kier molecular flexibility index (Phi) is 5.70. The molecular weight excluding hydrogens is 420 g/mol. The Bertz CT molecular complexity index is 1060. The van der Waals surface area contributed by atoms with Crippen LogP contribution in [-0.4, -0.2) is 40.6 Å². The molecule has 2 aromatic carbocycles. The Balaban J connectivity index is 1.43. The van der Waals surface area contributed by atoms with E-state index in [9.17, 15) is 4.79 Å². The first-order chi connectivity index (χ1) is 16.7. The molecule has 2 heterocycles. The zero-order chi connectivity index (χ0) is 23.0. The lowest BCUT2D eigenvalue weighted by molar-refractivity contribution is -0.105. The molecule has 0 spiro atoms. The first-order valence-corrected chi connectivity index (χ1v) is 12.7. The molecule has 34 heavy (non-hydrogen) atoms. The molecule has 4 fully saturated rings. The van der Waals surface area contributed by atoms with Gasteiger partial charge in [0.05, 0.1) is 5.56 Å². The topological polar surface area (TPSA) is 42.4 Å². The Hall–Kier alpha value is -2.98. The summed E-state index contributed by atoms with van der Waals surface area (Å²) in [5.74, 6) is 0.734. The number of rotatable bonds is 5. The quantitative estimate of drug-likeness (QED) is 0.457. The van der Waals surface area contributed by atoms with Crippen LogP contribution in [0.2, 0.25) is 0 Å². The van der Waals surface area contributed by atoms with Gasteiger partial charge in [0.2, 0.25) is 0 Å². The van der Waals surface area contributed by atoms with Gasteiger partial charge in [0, 0.05) is 30.3 Å². The third kappa shape index (κ3) is 3.84. The molecule has 3 aliphatic carbocycles. The molecule has 4 nitrogen and oxygen atoms in total. The fourth-order valence-corrected chi connectivity index (χ4v) is 7.12. The molecule has 1 aromatic heterocycles. The molecule has 174 valence electrons. The maximum absolute atomic E-state index is 13.2. The van der Waals surface area contributed by atoms with E-state index in [1.807, 2.05) is 0 Å². The van der Waals surface area contributed by atoms with Crippen molar-refractivity contribution in [2.24, 2.45) is 5.92 Å². The SMILES string of the molecule is O=C(O[C@@H]1CC2(N3CCCC3)C[C@@H](c3ccccc3)C1[C@H](c1ccccc1)C2)c1cccnc1. The number of carbonyl (C=O) groups excluding carboxylic acids is 1. The van der Waals surface area contributed by atoms with Gasteiger partial charge < -0.3 is 4.74 Å². The lowest BCUT2D eigenvalue weighted by atomic mass is 9.51. The van der Waals surface area contributed by atoms with Gasteiger partial charge in [0.1, 0.15) is 6.10 Å². The maximum Gasteiger partial charge on any atom is 0.339 e. The highest BCUT2D eigenvalue weighted by Gasteiger charge is 2.59. The van der Waals surface area contributed by atoms with Crippen LogP contribution in [0.3, 0.4) is 0 Å². The third-order valence-electron chi connectivity index (χ3n) is 8.53. The molecule has 2 bridgehead atoms. The number of hydrogen-bond donors (Lipinski definition) is 0. The summed E-state index contributed by atoms with van der Waals surface area (Å²) in [5.41, 5.74) is 3.34. The number of fused-ring (bicyclic) bond motifs is 3. The molecule has 4 heteroatoms. The lowest BCUT2D eigenvalue weighted by Crippen LogP contribution is -2.62. The largest absolute Gasteiger partial charge is 0.458 e. The fraction of sp³-hybridized carbons (Fsp3) is 0.400. The molecule has 3 aromatic rings. The average molecular weight is 453 g/mol. The summed E-state index contributed by atoms with van der Waals surface area (Å²) in [4.78, 5) is 20.1. The van der Waals surface area contributed by atoms with Crippen molar-refractivity contribution in [2.45, 2.75) is 55.6 Å². The van der Waals surface area contributed by atoms with E-state index in [2.05, 4.69) is 70.5 Å². The molecule has 0 radical (unpaired) electrons. The van der Waals surface area contributed by atoms with Crippen molar-refractivity contribution in [3.8, 4) is 0 Å². The van der Waals surface area contributed by atoms with Gasteiger partial charge in [-0.1, -0.05) is 60.7 Å². The number of ether oxygens (including phenoxy) is 1. The summed E-state index contributed by atoms with van der Waals surface area (Å²) >= 11 is 0. The van der Waals surface area contributed by atoms with Crippen LogP contribution in [0, 0.1) is 5.92 Å². The van der Waals surface area contributed by atoms with Crippen molar-refractivity contribution in [2.75, 3.05) is 13.1 Å². The Labute approximate surface area is 202 Å². The number of likely N-dealkylation sites (tertiary alicyclic amines) is 1. The fourth-order valence-electron chi connectivity index (χ4n) is 7.12. The zero-order valence-corrected chi connectivity index (χ0v) is 19.6. The summed E-state index contributed by atoms with van der Waals surface area (Å²) in [6.45, 7) is 2.30. The highest BCUT2D eigenvalue weighted by molar-refractivity contribution is 5.89. The van der Waals surface area contributed by atoms with Gasteiger partial charge in [0.15, 0.2) is 0 Å². The van der Waals surface area contributed by atoms with Crippen molar-refractivity contribution in [1.29, 1.82) is 0 Å². The van der Waals surface area contributed by atoms with Crippen molar-refractivity contribution in [3.05, 3.63) is 102 Å². The van der Waals surface area contributed by atoms with E-state index < -0.39 is 0 Å². The van der Waals surface area contributed by atoms with Gasteiger partial charge in [0.25, 0.3) is 0 Å². The minimum absolute atomic E-state index is 0.0617. The Morgan fingerprint density at radius 3 is 2.00 bits per heavy atom. The molecule has 1 saturated heterocycles. The summed E-state index contributed by atoms with van der Waals surface area (Å²) in [6.07, 6.45) is 8.93. The van der Waals surface area contributed by atoms with Crippen LogP contribution in [0.15, 0.2) is 85.2 Å². The molecule has 1 aliphatic heterocycles. The average Bonchev–Trinajstić information content (AvgIpc) is 3.46. The molecule has 3 atom stereocenters. The number of esters is 1. The maximum atomic E-state index is 13.2. The van der Waals surface area contributed by atoms with Gasteiger partial charge in [-0.15, -0.1) is 0 Å². The van der Waals surface area contributed by atoms with Crippen LogP contribution in [0.5, 0.6) is 0 Å². The molecule has 0 N–H and O–H groups in total. The monoisotopic (exact) mass is 452 g/mol. The standard InChI is InChI=1S/C30H32N2O2/c33-29(24-14-9-15-31-21-24)34-27-20-30(32-16-7-8-17-32)18-25(22-10-3-1-4-11-22)28(27)26(19-30)23-12-5-2-6-13-23/h1-6,9-15,21,25-28H,7-8,16-20H2/t25-,26-,27+,28?,30?/m0/s1. The van der Waals surface area contributed by atoms with Crippen LogP contribution in [0.4, 0.5) is 0 Å². The van der Waals surface area contributed by atoms with Crippen LogP contribution in [0.25, 0.3) is 0 Å². The number of benzene rings is 2. The summed E-state index contributed by atoms with van der Waals surface area (Å²) in [7, 11) is 0. The van der Waals surface area contributed by atoms with E-state index in [0.717, 1.165) is 32.4 Å². The predicted molar refractivity (Wildman–Crippen MR) is 133 cm³/mol. The number of pyridine rings is 1. The number of aromatic nitrogens is 1. The van der Waals surface area contributed by atoms with E-state index >= 15 is 0 Å². The van der Waals surface area contributed by atoms with Gasteiger partial charge >= 0.3 is 5.97 Å². The van der Waals surface area contributed by atoms with Crippen molar-refractivity contribution < 1.29 is 9.53 Å². The summed E-state index contributed by atoms with van der Waals surface area (Å²) in [5, 5.41) is 0. The van der Waals surface area contributed by atoms with E-state index in [4.69, 9.17) is 4.74 Å². The van der Waals surface area contributed by atoms with Gasteiger partial charge in [-0.3, -0.25) is 9.88 Å². The van der Waals surface area contributed by atoms with Crippen LogP contribution < -0.4 is 0 Å². The minimum atomic E-state index is -0.249. The molecule has 4 aliphatic rings. The van der Waals surface area contributed by atoms with E-state index in [1.165, 1.54) is 24.0 Å². The second kappa shape index (κ2) is 8.99. The van der Waals surface area contributed by atoms with Gasteiger partial charge in [-0.2, -0.15) is 0 Å². The highest BCUT2D eigenvalue weighted by atomic mass is 16.5. The summed E-state index contributed by atoms with van der Waals surface area (Å²) < 4.78 is 6.39. The molecule has 3 saturated carbocycles. The van der Waals surface area contributed by atoms with E-state index in [0.29, 0.717) is 17.4 Å². The summed E-state index contributed by atoms with van der Waals surface area (Å²) in [6, 6.07) is 25.5. The third-order valence-corrected chi connectivity index (χ3v) is 8.53. The highest BCUT2D eigenvalue weighted by Crippen LogP contribution is 2.61. The lowest BCUT2D eigenvalue weighted by Gasteiger charge is -2.61. The van der Waals surface area contributed by atoms with Crippen molar-refractivity contribution >= 4 is 5.97 Å². The molecule has 7 rings (SSSR count). The second-order valence-electron chi connectivity index (χ2n) is 10.3. The first-order valence-electron chi connectivity index (χ1n) is 12.7. The number of nitrogens with zero attached hydrogens (tertiary/aromatic N) is 2. The van der Waals surface area contributed by atoms with Crippen molar-refractivity contribution in [1.82, 2.24) is 9.88 Å². The van der Waals surface area contributed by atoms with Crippen molar-refractivity contribution in [3.63, 3.8) is 0 Å². The molecule has 0 unspecified atom stereocenters. The van der Waals surface area contributed by atoms with E-state index in [1.54, 1.807) is 24.5 Å². The van der Waals surface area contributed by atoms with Gasteiger partial charge in [-0.05, 0) is 73.9 Å². The predicted octanol–water partition coefficient (Wildman–Crippen LogP) is 5.82.